The van der Waals surface area contributed by atoms with Gasteiger partial charge in [0.2, 0.25) is 5.90 Å². The lowest BCUT2D eigenvalue weighted by molar-refractivity contribution is -0.129. The maximum Gasteiger partial charge on any atom is 0.363 e. The molecular formula is C23H12Cl2I3NO3. The highest BCUT2D eigenvalue weighted by Gasteiger charge is 2.26. The van der Waals surface area contributed by atoms with Crippen LogP contribution in [0.5, 0.6) is 5.75 Å². The summed E-state index contributed by atoms with van der Waals surface area (Å²) in [4.78, 5) is 16.8. The average Bonchev–Trinajstić information content (AvgIpc) is 3.09. The number of hydrogen-bond donors (Lipinski definition) is 0. The first-order valence-electron chi connectivity index (χ1n) is 9.14. The van der Waals surface area contributed by atoms with Crippen molar-refractivity contribution in [1.82, 2.24) is 0 Å². The van der Waals surface area contributed by atoms with E-state index in [2.05, 4.69) is 72.8 Å². The molecule has 0 N–H and O–H groups in total. The van der Waals surface area contributed by atoms with Gasteiger partial charge in [0.05, 0.1) is 17.7 Å². The third kappa shape index (κ3) is 5.78. The minimum Gasteiger partial charge on any atom is -0.487 e. The molecule has 32 heavy (non-hydrogen) atoms. The van der Waals surface area contributed by atoms with E-state index in [-0.39, 0.29) is 11.6 Å². The van der Waals surface area contributed by atoms with Gasteiger partial charge in [-0.2, -0.15) is 0 Å². The second-order valence-corrected chi connectivity index (χ2v) is 11.1. The van der Waals surface area contributed by atoms with Gasteiger partial charge in [0.1, 0.15) is 12.4 Å². The van der Waals surface area contributed by atoms with E-state index in [1.807, 2.05) is 48.5 Å². The molecule has 1 aliphatic rings. The van der Waals surface area contributed by atoms with Crippen LogP contribution in [0.1, 0.15) is 16.7 Å². The molecule has 0 fully saturated rings. The van der Waals surface area contributed by atoms with Gasteiger partial charge in [0.15, 0.2) is 5.70 Å². The Morgan fingerprint density at radius 3 is 2.47 bits per heavy atom. The maximum absolute atomic E-state index is 12.4. The second kappa shape index (κ2) is 10.6. The molecule has 0 amide bonds. The van der Waals surface area contributed by atoms with E-state index in [9.17, 15) is 4.79 Å². The van der Waals surface area contributed by atoms with Crippen molar-refractivity contribution in [2.75, 3.05) is 0 Å². The average molecular weight is 802 g/mol. The predicted octanol–water partition coefficient (Wildman–Crippen LogP) is 7.73. The van der Waals surface area contributed by atoms with Crippen LogP contribution < -0.4 is 4.74 Å². The van der Waals surface area contributed by atoms with E-state index in [1.54, 1.807) is 12.1 Å². The number of carbonyl (C=O) groups is 1. The molecule has 0 aliphatic carbocycles. The minimum absolute atomic E-state index is 0.204. The van der Waals surface area contributed by atoms with Crippen molar-refractivity contribution >= 4 is 109 Å². The number of aliphatic imine (C=N–C) groups is 1. The van der Waals surface area contributed by atoms with E-state index in [1.165, 1.54) is 0 Å². The van der Waals surface area contributed by atoms with Gasteiger partial charge < -0.3 is 9.47 Å². The molecule has 4 rings (SSSR count). The summed E-state index contributed by atoms with van der Waals surface area (Å²) in [5.41, 5.74) is 2.61. The smallest absolute Gasteiger partial charge is 0.363 e. The SMILES string of the molecule is O=C1OC(c2cc(I)ccc2Cl)=N/C1=C\c1cc(I)c(OCc2cccc(Cl)c2)c(I)c1. The molecule has 0 atom stereocenters. The van der Waals surface area contributed by atoms with Gasteiger partial charge in [-0.15, -0.1) is 0 Å². The fourth-order valence-corrected chi connectivity index (χ4v) is 5.96. The predicted molar refractivity (Wildman–Crippen MR) is 152 cm³/mol. The first-order chi connectivity index (χ1) is 15.3. The van der Waals surface area contributed by atoms with Crippen LogP contribution >= 0.6 is 91.0 Å². The van der Waals surface area contributed by atoms with Gasteiger partial charge in [0, 0.05) is 8.59 Å². The van der Waals surface area contributed by atoms with E-state index >= 15 is 0 Å². The highest BCUT2D eigenvalue weighted by Crippen LogP contribution is 2.32. The number of nitrogens with zero attached hydrogens (tertiary/aromatic N) is 1. The van der Waals surface area contributed by atoms with Gasteiger partial charge in [0.25, 0.3) is 0 Å². The Labute approximate surface area is 235 Å². The van der Waals surface area contributed by atoms with Crippen LogP contribution in [0.3, 0.4) is 0 Å². The summed E-state index contributed by atoms with van der Waals surface area (Å²) in [5.74, 6) is 0.467. The molecule has 0 bridgehead atoms. The number of cyclic esters (lactones) is 1. The fraction of sp³-hybridized carbons (Fsp3) is 0.0435. The molecule has 4 nitrogen and oxygen atoms in total. The number of esters is 1. The van der Waals surface area contributed by atoms with Gasteiger partial charge in [-0.1, -0.05) is 35.3 Å². The summed E-state index contributed by atoms with van der Waals surface area (Å²) in [6.07, 6.45) is 1.70. The van der Waals surface area contributed by atoms with Crippen molar-refractivity contribution in [3.8, 4) is 5.75 Å². The Bertz CT molecular complexity index is 1270. The molecule has 1 aliphatic heterocycles. The van der Waals surface area contributed by atoms with Crippen molar-refractivity contribution < 1.29 is 14.3 Å². The Morgan fingerprint density at radius 1 is 1.00 bits per heavy atom. The molecule has 162 valence electrons. The third-order valence-corrected chi connectivity index (χ3v) is 7.21. The van der Waals surface area contributed by atoms with Crippen molar-refractivity contribution in [1.29, 1.82) is 0 Å². The quantitative estimate of drug-likeness (QED) is 0.151. The molecule has 0 radical (unpaired) electrons. The van der Waals surface area contributed by atoms with Gasteiger partial charge in [-0.25, -0.2) is 9.79 Å². The monoisotopic (exact) mass is 801 g/mol. The topological polar surface area (TPSA) is 47.9 Å². The normalized spacial score (nSPS) is 14.5. The number of rotatable bonds is 5. The summed E-state index contributed by atoms with van der Waals surface area (Å²) in [7, 11) is 0. The van der Waals surface area contributed by atoms with Crippen molar-refractivity contribution in [3.63, 3.8) is 0 Å². The summed E-state index contributed by atoms with van der Waals surface area (Å²) < 4.78 is 14.2. The lowest BCUT2D eigenvalue weighted by atomic mass is 10.2. The molecular weight excluding hydrogens is 790 g/mol. The third-order valence-electron chi connectivity index (χ3n) is 4.38. The van der Waals surface area contributed by atoms with Crippen molar-refractivity contribution in [3.05, 3.63) is 97.7 Å². The number of ether oxygens (including phenoxy) is 2. The first kappa shape index (κ1) is 24.2. The van der Waals surface area contributed by atoms with Crippen LogP contribution in [-0.2, 0) is 16.1 Å². The van der Waals surface area contributed by atoms with Crippen LogP contribution in [0, 0.1) is 10.7 Å². The van der Waals surface area contributed by atoms with Crippen molar-refractivity contribution in [2.45, 2.75) is 6.61 Å². The Kier molecular flexibility index (Phi) is 8.01. The van der Waals surface area contributed by atoms with Gasteiger partial charge >= 0.3 is 5.97 Å². The van der Waals surface area contributed by atoms with E-state index in [0.717, 1.165) is 27.6 Å². The van der Waals surface area contributed by atoms with Crippen LogP contribution in [0.2, 0.25) is 10.0 Å². The lowest BCUT2D eigenvalue weighted by Crippen LogP contribution is -2.06. The summed E-state index contributed by atoms with van der Waals surface area (Å²) in [6, 6.07) is 16.9. The molecule has 1 heterocycles. The minimum atomic E-state index is -0.513. The van der Waals surface area contributed by atoms with E-state index < -0.39 is 5.97 Å². The molecule has 0 spiro atoms. The molecule has 0 saturated heterocycles. The highest BCUT2D eigenvalue weighted by atomic mass is 127. The molecule has 9 heteroatoms. The van der Waals surface area contributed by atoms with Crippen LogP contribution in [0.4, 0.5) is 0 Å². The van der Waals surface area contributed by atoms with E-state index in [0.29, 0.717) is 22.2 Å². The number of carbonyl (C=O) groups excluding carboxylic acids is 1. The fourth-order valence-electron chi connectivity index (χ4n) is 2.93. The number of hydrogen-bond acceptors (Lipinski definition) is 4. The molecule has 0 aromatic heterocycles. The Morgan fingerprint density at radius 2 is 1.75 bits per heavy atom. The zero-order valence-corrected chi connectivity index (χ0v) is 24.0. The largest absolute Gasteiger partial charge is 0.487 e. The van der Waals surface area contributed by atoms with Gasteiger partial charge in [-0.3, -0.25) is 0 Å². The lowest BCUT2D eigenvalue weighted by Gasteiger charge is -2.12. The summed E-state index contributed by atoms with van der Waals surface area (Å²) in [6.45, 7) is 0.406. The standard InChI is InChI=1S/C23H12Cl2I3NO3/c24-14-3-1-2-12(6-14)11-31-21-18(27)7-13(8-19(21)28)9-20-23(30)32-22(29-20)16-10-15(26)4-5-17(16)25/h1-10H,11H2/b20-9-. The van der Waals surface area contributed by atoms with Crippen molar-refractivity contribution in [2.24, 2.45) is 4.99 Å². The molecule has 0 unspecified atom stereocenters. The summed E-state index contributed by atoms with van der Waals surface area (Å²) in [5, 5.41) is 1.15. The van der Waals surface area contributed by atoms with Gasteiger partial charge in [-0.05, 0) is 127 Å². The first-order valence-corrected chi connectivity index (χ1v) is 13.1. The number of benzene rings is 3. The van der Waals surface area contributed by atoms with E-state index in [4.69, 9.17) is 32.7 Å². The number of halogens is 5. The zero-order chi connectivity index (χ0) is 22.8. The van der Waals surface area contributed by atoms with Crippen LogP contribution in [0.15, 0.2) is 65.3 Å². The zero-order valence-electron chi connectivity index (χ0n) is 16.0. The molecule has 0 saturated carbocycles. The highest BCUT2D eigenvalue weighted by molar-refractivity contribution is 14.1. The molecule has 3 aromatic carbocycles. The second-order valence-electron chi connectivity index (χ2n) is 6.69. The molecule has 3 aromatic rings. The van der Waals surface area contributed by atoms with Crippen LogP contribution in [-0.4, -0.2) is 11.9 Å². The summed E-state index contributed by atoms with van der Waals surface area (Å²) >= 11 is 18.9. The Hall–Kier alpha value is -0.890. The Balaban J connectivity index is 1.58. The van der Waals surface area contributed by atoms with Crippen LogP contribution in [0.25, 0.3) is 6.08 Å². The maximum atomic E-state index is 12.4.